The number of anilines is 2. The van der Waals surface area contributed by atoms with E-state index in [9.17, 15) is 18.0 Å². The van der Waals surface area contributed by atoms with Crippen LogP contribution in [-0.2, 0) is 17.4 Å². The second kappa shape index (κ2) is 9.83. The number of methoxy groups -OCH3 is 1. The summed E-state index contributed by atoms with van der Waals surface area (Å²) < 4.78 is 43.4. The summed E-state index contributed by atoms with van der Waals surface area (Å²) in [5.41, 5.74) is 6.91. The molecular formula is C23H19F3N4O2. The number of halogens is 3. The zero-order valence-corrected chi connectivity index (χ0v) is 17.0. The molecule has 164 valence electrons. The van der Waals surface area contributed by atoms with E-state index >= 15 is 0 Å². The third-order valence-electron chi connectivity index (χ3n) is 4.43. The Bertz CT molecular complexity index is 1150. The van der Waals surface area contributed by atoms with Crippen LogP contribution in [0.15, 0.2) is 54.9 Å². The van der Waals surface area contributed by atoms with E-state index in [2.05, 4.69) is 27.1 Å². The molecule has 3 aromatic rings. The van der Waals surface area contributed by atoms with Crippen LogP contribution in [0.4, 0.5) is 24.8 Å². The topological polar surface area (TPSA) is 90.1 Å². The summed E-state index contributed by atoms with van der Waals surface area (Å²) in [5, 5.41) is 2.76. The number of para-hydroxylation sites is 1. The molecule has 0 spiro atoms. The first-order chi connectivity index (χ1) is 15.3. The van der Waals surface area contributed by atoms with Gasteiger partial charge in [-0.1, -0.05) is 30.0 Å². The van der Waals surface area contributed by atoms with Crippen molar-refractivity contribution in [3.05, 3.63) is 77.1 Å². The molecule has 0 aliphatic carbocycles. The van der Waals surface area contributed by atoms with Crippen molar-refractivity contribution in [2.75, 3.05) is 18.2 Å². The third kappa shape index (κ3) is 5.98. The Kier molecular flexibility index (Phi) is 6.95. The second-order valence-corrected chi connectivity index (χ2v) is 6.71. The van der Waals surface area contributed by atoms with Gasteiger partial charge < -0.3 is 15.8 Å². The van der Waals surface area contributed by atoms with Crippen LogP contribution < -0.4 is 15.8 Å². The minimum atomic E-state index is -4.39. The maximum Gasteiger partial charge on any atom is 0.416 e. The molecule has 2 aromatic carbocycles. The SMILES string of the molecule is COc1c(C#Cc2cnc(N)nc2)cccc1NC(=O)CCc1ccc(C(F)(F)F)cc1. The number of nitrogens with zero attached hydrogens (tertiary/aromatic N) is 2. The Labute approximate surface area is 182 Å². The number of hydrogen-bond acceptors (Lipinski definition) is 5. The summed E-state index contributed by atoms with van der Waals surface area (Å²) in [6.45, 7) is 0. The predicted octanol–water partition coefficient (Wildman–Crippen LogP) is 4.06. The van der Waals surface area contributed by atoms with Crippen LogP contribution >= 0.6 is 0 Å². The monoisotopic (exact) mass is 440 g/mol. The fourth-order valence-electron chi connectivity index (χ4n) is 2.83. The quantitative estimate of drug-likeness (QED) is 0.584. The van der Waals surface area contributed by atoms with Gasteiger partial charge in [0.15, 0.2) is 5.75 Å². The first-order valence-corrected chi connectivity index (χ1v) is 9.49. The predicted molar refractivity (Wildman–Crippen MR) is 114 cm³/mol. The number of aromatic nitrogens is 2. The van der Waals surface area contributed by atoms with Gasteiger partial charge in [-0.2, -0.15) is 13.2 Å². The van der Waals surface area contributed by atoms with Gasteiger partial charge in [0.1, 0.15) is 0 Å². The van der Waals surface area contributed by atoms with Crippen molar-refractivity contribution in [3.8, 4) is 17.6 Å². The van der Waals surface area contributed by atoms with Crippen molar-refractivity contribution in [3.63, 3.8) is 0 Å². The molecule has 1 amide bonds. The molecule has 0 saturated heterocycles. The molecule has 9 heteroatoms. The number of amides is 1. The van der Waals surface area contributed by atoms with Gasteiger partial charge in [-0.15, -0.1) is 0 Å². The van der Waals surface area contributed by atoms with Crippen LogP contribution in [0.5, 0.6) is 5.75 Å². The summed E-state index contributed by atoms with van der Waals surface area (Å²) in [4.78, 5) is 20.1. The van der Waals surface area contributed by atoms with Crippen LogP contribution in [0.25, 0.3) is 0 Å². The number of nitrogens with one attached hydrogen (secondary N) is 1. The maximum absolute atomic E-state index is 12.7. The van der Waals surface area contributed by atoms with Crippen LogP contribution in [0.1, 0.15) is 28.7 Å². The van der Waals surface area contributed by atoms with Gasteiger partial charge in [0.05, 0.1) is 29.5 Å². The largest absolute Gasteiger partial charge is 0.493 e. The van der Waals surface area contributed by atoms with Crippen molar-refractivity contribution >= 4 is 17.5 Å². The molecule has 0 unspecified atom stereocenters. The van der Waals surface area contributed by atoms with E-state index in [1.807, 2.05) is 0 Å². The van der Waals surface area contributed by atoms with E-state index in [1.165, 1.54) is 31.6 Å². The summed E-state index contributed by atoms with van der Waals surface area (Å²) in [6, 6.07) is 9.88. The third-order valence-corrected chi connectivity index (χ3v) is 4.43. The number of carbonyl (C=O) groups is 1. The highest BCUT2D eigenvalue weighted by Gasteiger charge is 2.29. The summed E-state index contributed by atoms with van der Waals surface area (Å²) in [7, 11) is 1.46. The lowest BCUT2D eigenvalue weighted by molar-refractivity contribution is -0.137. The number of benzene rings is 2. The number of nitrogens with two attached hydrogens (primary N) is 1. The Morgan fingerprint density at radius 1 is 1.09 bits per heavy atom. The fraction of sp³-hybridized carbons (Fsp3) is 0.174. The maximum atomic E-state index is 12.7. The first kappa shape index (κ1) is 22.6. The van der Waals surface area contributed by atoms with Gasteiger partial charge in [0.2, 0.25) is 11.9 Å². The number of rotatable bonds is 5. The van der Waals surface area contributed by atoms with Crippen molar-refractivity contribution in [2.24, 2.45) is 0 Å². The number of carbonyl (C=O) groups excluding carboxylic acids is 1. The highest BCUT2D eigenvalue weighted by Crippen LogP contribution is 2.30. The average Bonchev–Trinajstić information content (AvgIpc) is 2.77. The minimum Gasteiger partial charge on any atom is -0.493 e. The van der Waals surface area contributed by atoms with Crippen molar-refractivity contribution in [2.45, 2.75) is 19.0 Å². The van der Waals surface area contributed by atoms with Crippen LogP contribution in [0.3, 0.4) is 0 Å². The molecule has 1 aromatic heterocycles. The molecule has 0 saturated carbocycles. The zero-order valence-electron chi connectivity index (χ0n) is 17.0. The lowest BCUT2D eigenvalue weighted by atomic mass is 10.1. The van der Waals surface area contributed by atoms with Gasteiger partial charge in [0.25, 0.3) is 0 Å². The fourth-order valence-corrected chi connectivity index (χ4v) is 2.83. The van der Waals surface area contributed by atoms with E-state index in [4.69, 9.17) is 10.5 Å². The standard InChI is InChI=1S/C23H19F3N4O2/c1-32-21-17(9-5-16-13-28-22(27)29-14-16)3-2-4-19(21)30-20(31)12-8-15-6-10-18(11-7-15)23(24,25)26/h2-4,6-7,10-11,13-14H,8,12H2,1H3,(H,30,31)(H2,27,28,29). The highest BCUT2D eigenvalue weighted by atomic mass is 19.4. The van der Waals surface area contributed by atoms with Gasteiger partial charge in [-0.3, -0.25) is 4.79 Å². The molecule has 0 fully saturated rings. The minimum absolute atomic E-state index is 0.0905. The van der Waals surface area contributed by atoms with Gasteiger partial charge in [0, 0.05) is 18.8 Å². The van der Waals surface area contributed by atoms with Gasteiger partial charge >= 0.3 is 6.18 Å². The van der Waals surface area contributed by atoms with E-state index in [1.54, 1.807) is 18.2 Å². The van der Waals surface area contributed by atoms with Crippen LogP contribution in [-0.4, -0.2) is 23.0 Å². The van der Waals surface area contributed by atoms with Crippen LogP contribution in [0, 0.1) is 11.8 Å². The Morgan fingerprint density at radius 3 is 2.41 bits per heavy atom. The van der Waals surface area contributed by atoms with Crippen LogP contribution in [0.2, 0.25) is 0 Å². The second-order valence-electron chi connectivity index (χ2n) is 6.71. The number of nitrogen functional groups attached to an aromatic ring is 1. The van der Waals surface area contributed by atoms with Crippen molar-refractivity contribution in [1.82, 2.24) is 9.97 Å². The molecule has 0 atom stereocenters. The molecule has 0 aliphatic rings. The molecule has 3 rings (SSSR count). The lowest BCUT2D eigenvalue weighted by Crippen LogP contribution is -2.13. The van der Waals surface area contributed by atoms with Gasteiger partial charge in [-0.05, 0) is 36.2 Å². The zero-order chi connectivity index (χ0) is 23.1. The van der Waals surface area contributed by atoms with Gasteiger partial charge in [-0.25, -0.2) is 9.97 Å². The van der Waals surface area contributed by atoms with Crippen molar-refractivity contribution < 1.29 is 22.7 Å². The average molecular weight is 440 g/mol. The number of aryl methyl sites for hydroxylation is 1. The highest BCUT2D eigenvalue weighted by molar-refractivity contribution is 5.93. The van der Waals surface area contributed by atoms with E-state index in [0.29, 0.717) is 34.5 Å². The number of ether oxygens (including phenoxy) is 1. The Hall–Kier alpha value is -4.06. The number of alkyl halides is 3. The Morgan fingerprint density at radius 2 is 1.78 bits per heavy atom. The summed E-state index contributed by atoms with van der Waals surface area (Å²) in [6.07, 6.45) is -1.01. The molecule has 0 radical (unpaired) electrons. The Balaban J connectivity index is 1.67. The summed E-state index contributed by atoms with van der Waals surface area (Å²) >= 11 is 0. The lowest BCUT2D eigenvalue weighted by Gasteiger charge is -2.12. The molecule has 3 N–H and O–H groups in total. The van der Waals surface area contributed by atoms with E-state index < -0.39 is 11.7 Å². The molecule has 1 heterocycles. The van der Waals surface area contributed by atoms with E-state index in [0.717, 1.165) is 12.1 Å². The molecule has 32 heavy (non-hydrogen) atoms. The summed E-state index contributed by atoms with van der Waals surface area (Å²) in [5.74, 6) is 6.08. The molecule has 6 nitrogen and oxygen atoms in total. The smallest absolute Gasteiger partial charge is 0.416 e. The van der Waals surface area contributed by atoms with E-state index in [-0.39, 0.29) is 18.3 Å². The number of hydrogen-bond donors (Lipinski definition) is 2. The molecular weight excluding hydrogens is 421 g/mol. The van der Waals surface area contributed by atoms with Crippen molar-refractivity contribution in [1.29, 1.82) is 0 Å². The first-order valence-electron chi connectivity index (χ1n) is 9.49. The normalized spacial score (nSPS) is 10.8. The molecule has 0 aliphatic heterocycles. The molecule has 0 bridgehead atoms.